The fourth-order valence-corrected chi connectivity index (χ4v) is 3.81. The average molecular weight is 420 g/mol. The summed E-state index contributed by atoms with van der Waals surface area (Å²) in [5, 5.41) is 11.2. The van der Waals surface area contributed by atoms with E-state index in [1.165, 1.54) is 24.8 Å². The number of fused-ring (bicyclic) bond motifs is 1. The lowest BCUT2D eigenvalue weighted by molar-refractivity contribution is -0.192. The van der Waals surface area contributed by atoms with Crippen molar-refractivity contribution in [3.63, 3.8) is 0 Å². The highest BCUT2D eigenvalue weighted by Crippen LogP contribution is 2.35. The minimum atomic E-state index is -5.08. The van der Waals surface area contributed by atoms with E-state index in [0.29, 0.717) is 6.04 Å². The average Bonchev–Trinajstić information content (AvgIpc) is 3.36. The molecule has 3 heterocycles. The first kappa shape index (κ1) is 22.0. The summed E-state index contributed by atoms with van der Waals surface area (Å²) < 4.78 is 49.3. The number of carboxylic acid groups (broad SMARTS) is 1. The Labute approximate surface area is 167 Å². The Morgan fingerprint density at radius 3 is 2.55 bits per heavy atom. The highest BCUT2D eigenvalue weighted by atomic mass is 19.4. The molecule has 1 aliphatic carbocycles. The maximum Gasteiger partial charge on any atom is 0.490 e. The van der Waals surface area contributed by atoms with Gasteiger partial charge < -0.3 is 19.1 Å². The zero-order valence-electron chi connectivity index (χ0n) is 16.6. The van der Waals surface area contributed by atoms with Gasteiger partial charge in [0, 0.05) is 37.9 Å². The van der Waals surface area contributed by atoms with Gasteiger partial charge in [-0.15, -0.1) is 0 Å². The zero-order valence-corrected chi connectivity index (χ0v) is 16.6. The molecule has 1 saturated carbocycles. The summed E-state index contributed by atoms with van der Waals surface area (Å²) in [5.41, 5.74) is 2.24. The van der Waals surface area contributed by atoms with E-state index in [1.807, 2.05) is 13.8 Å². The van der Waals surface area contributed by atoms with E-state index in [2.05, 4.69) is 10.1 Å². The van der Waals surface area contributed by atoms with Crippen molar-refractivity contribution in [2.45, 2.75) is 70.5 Å². The van der Waals surface area contributed by atoms with Crippen LogP contribution in [0.5, 0.6) is 0 Å². The van der Waals surface area contributed by atoms with Crippen molar-refractivity contribution in [3.05, 3.63) is 17.0 Å². The number of alkyl halides is 3. The number of hydrogen-bond donors (Lipinski definition) is 1. The van der Waals surface area contributed by atoms with Crippen LogP contribution in [0.3, 0.4) is 0 Å². The maximum atomic E-state index is 10.6. The summed E-state index contributed by atoms with van der Waals surface area (Å²) in [4.78, 5) is 11.4. The monoisotopic (exact) mass is 420 g/mol. The normalized spacial score (nSPS) is 27.3. The van der Waals surface area contributed by atoms with E-state index in [0.717, 1.165) is 50.1 Å². The molecule has 3 fully saturated rings. The largest absolute Gasteiger partial charge is 0.490 e. The van der Waals surface area contributed by atoms with Crippen molar-refractivity contribution < 1.29 is 37.1 Å². The smallest absolute Gasteiger partial charge is 0.475 e. The summed E-state index contributed by atoms with van der Waals surface area (Å²) in [6.07, 6.45) is 0.417. The van der Waals surface area contributed by atoms with Gasteiger partial charge in [0.1, 0.15) is 11.9 Å². The first-order valence-electron chi connectivity index (χ1n) is 9.86. The first-order chi connectivity index (χ1) is 13.7. The molecule has 1 aromatic heterocycles. The maximum absolute atomic E-state index is 10.6. The van der Waals surface area contributed by atoms with Crippen LogP contribution in [-0.4, -0.2) is 65.3 Å². The molecule has 2 aliphatic heterocycles. The fourth-order valence-electron chi connectivity index (χ4n) is 3.81. The molecule has 3 aliphatic rings. The molecular weight excluding hydrogens is 393 g/mol. The zero-order chi connectivity index (χ0) is 21.2. The molecular formula is C19H27F3N2O5. The van der Waals surface area contributed by atoms with Gasteiger partial charge in [-0.2, -0.15) is 13.2 Å². The van der Waals surface area contributed by atoms with Gasteiger partial charge in [-0.05, 0) is 45.4 Å². The van der Waals surface area contributed by atoms with Crippen LogP contribution in [0, 0.1) is 19.8 Å². The van der Waals surface area contributed by atoms with Crippen LogP contribution in [0.1, 0.15) is 42.7 Å². The third kappa shape index (κ3) is 5.70. The molecule has 4 rings (SSSR count). The second kappa shape index (κ2) is 9.01. The lowest BCUT2D eigenvalue weighted by atomic mass is 10.0. The molecule has 0 radical (unpaired) electrons. The number of ether oxygens (including phenoxy) is 2. The van der Waals surface area contributed by atoms with E-state index in [-0.39, 0.29) is 12.2 Å². The summed E-state index contributed by atoms with van der Waals surface area (Å²) in [6.45, 7) is 7.68. The van der Waals surface area contributed by atoms with Crippen LogP contribution in [0.4, 0.5) is 13.2 Å². The molecule has 0 amide bonds. The number of rotatable bonds is 5. The van der Waals surface area contributed by atoms with Gasteiger partial charge in [0.15, 0.2) is 0 Å². The molecule has 164 valence electrons. The van der Waals surface area contributed by atoms with Gasteiger partial charge in [-0.3, -0.25) is 4.90 Å². The molecule has 3 atom stereocenters. The molecule has 10 heteroatoms. The van der Waals surface area contributed by atoms with E-state index in [9.17, 15) is 13.2 Å². The van der Waals surface area contributed by atoms with Crippen LogP contribution in [0.25, 0.3) is 0 Å². The Hall–Kier alpha value is -1.65. The van der Waals surface area contributed by atoms with Crippen molar-refractivity contribution in [1.29, 1.82) is 0 Å². The number of likely N-dealkylation sites (tertiary alicyclic amines) is 1. The quantitative estimate of drug-likeness (QED) is 0.784. The molecule has 7 nitrogen and oxygen atoms in total. The molecule has 1 N–H and O–H groups in total. The number of nitrogens with zero attached hydrogens (tertiary/aromatic N) is 2. The van der Waals surface area contributed by atoms with Gasteiger partial charge in [0.25, 0.3) is 0 Å². The topological polar surface area (TPSA) is 85.0 Å². The summed E-state index contributed by atoms with van der Waals surface area (Å²) >= 11 is 0. The Balaban J connectivity index is 0.000000298. The summed E-state index contributed by atoms with van der Waals surface area (Å²) in [5.74, 6) is -1.01. The van der Waals surface area contributed by atoms with Gasteiger partial charge in [0.2, 0.25) is 0 Å². The van der Waals surface area contributed by atoms with Crippen LogP contribution in [0.2, 0.25) is 0 Å². The SMILES string of the molecule is Cc1noc(C)c1CN1C[C@H](OCC2CC2)[C@H]2OCCC[C@H]21.O=C(O)C(F)(F)F. The number of aryl methyl sites for hydroxylation is 2. The minimum Gasteiger partial charge on any atom is -0.475 e. The van der Waals surface area contributed by atoms with Crippen molar-refractivity contribution in [2.75, 3.05) is 19.8 Å². The van der Waals surface area contributed by atoms with Crippen molar-refractivity contribution >= 4 is 5.97 Å². The Bertz CT molecular complexity index is 685. The third-order valence-corrected chi connectivity index (χ3v) is 5.61. The number of carboxylic acids is 1. The summed E-state index contributed by atoms with van der Waals surface area (Å²) in [7, 11) is 0. The molecule has 1 aromatic rings. The van der Waals surface area contributed by atoms with Gasteiger partial charge in [-0.1, -0.05) is 5.16 Å². The van der Waals surface area contributed by atoms with Gasteiger partial charge >= 0.3 is 12.1 Å². The van der Waals surface area contributed by atoms with E-state index >= 15 is 0 Å². The Kier molecular flexibility index (Phi) is 6.85. The molecule has 0 aromatic carbocycles. The molecule has 2 saturated heterocycles. The highest BCUT2D eigenvalue weighted by Gasteiger charge is 2.45. The number of carbonyl (C=O) groups is 1. The van der Waals surface area contributed by atoms with Crippen LogP contribution < -0.4 is 0 Å². The first-order valence-corrected chi connectivity index (χ1v) is 9.86. The second-order valence-electron chi connectivity index (χ2n) is 7.90. The number of halogens is 3. The predicted molar refractivity (Wildman–Crippen MR) is 95.3 cm³/mol. The fraction of sp³-hybridized carbons (Fsp3) is 0.789. The standard InChI is InChI=1S/C17H26N2O3.C2HF3O2/c1-11-14(12(2)22-18-11)8-19-9-16(21-10-13-5-6-13)17-15(19)4-3-7-20-17;3-2(4,5)1(6)7/h13,15-17H,3-10H2,1-2H3;(H,6,7)/t15-,16+,17+;/m1./s1. The van der Waals surface area contributed by atoms with Crippen molar-refractivity contribution in [2.24, 2.45) is 5.92 Å². The number of aromatic nitrogens is 1. The second-order valence-corrected chi connectivity index (χ2v) is 7.90. The minimum absolute atomic E-state index is 0.228. The van der Waals surface area contributed by atoms with E-state index in [4.69, 9.17) is 23.9 Å². The van der Waals surface area contributed by atoms with Gasteiger partial charge in [0.05, 0.1) is 11.8 Å². The Morgan fingerprint density at radius 2 is 2.00 bits per heavy atom. The Morgan fingerprint density at radius 1 is 1.31 bits per heavy atom. The van der Waals surface area contributed by atoms with Crippen molar-refractivity contribution in [1.82, 2.24) is 10.1 Å². The molecule has 0 spiro atoms. The number of hydrogen-bond acceptors (Lipinski definition) is 6. The number of aliphatic carboxylic acids is 1. The van der Waals surface area contributed by atoms with Crippen LogP contribution in [0.15, 0.2) is 4.52 Å². The molecule has 29 heavy (non-hydrogen) atoms. The molecule has 0 bridgehead atoms. The summed E-state index contributed by atoms with van der Waals surface area (Å²) in [6, 6.07) is 0.478. The lowest BCUT2D eigenvalue weighted by Crippen LogP contribution is -2.41. The predicted octanol–water partition coefficient (Wildman–Crippen LogP) is 3.08. The third-order valence-electron chi connectivity index (χ3n) is 5.61. The van der Waals surface area contributed by atoms with Crippen molar-refractivity contribution in [3.8, 4) is 0 Å². The van der Waals surface area contributed by atoms with E-state index < -0.39 is 12.1 Å². The van der Waals surface area contributed by atoms with Gasteiger partial charge in [-0.25, -0.2) is 4.79 Å². The van der Waals surface area contributed by atoms with E-state index in [1.54, 1.807) is 0 Å². The molecule has 0 unspecified atom stereocenters. The highest BCUT2D eigenvalue weighted by molar-refractivity contribution is 5.73. The van der Waals surface area contributed by atoms with Crippen LogP contribution in [-0.2, 0) is 20.8 Å². The lowest BCUT2D eigenvalue weighted by Gasteiger charge is -2.32. The van der Waals surface area contributed by atoms with Crippen LogP contribution >= 0.6 is 0 Å².